The highest BCUT2D eigenvalue weighted by Gasteiger charge is 2.13. The van der Waals surface area contributed by atoms with Gasteiger partial charge in [0.05, 0.1) is 19.2 Å². The van der Waals surface area contributed by atoms with Gasteiger partial charge in [0.2, 0.25) is 5.91 Å². The van der Waals surface area contributed by atoms with Gasteiger partial charge in [0.25, 0.3) is 0 Å². The van der Waals surface area contributed by atoms with Crippen LogP contribution in [0.15, 0.2) is 24.3 Å². The molecule has 0 bridgehead atoms. The lowest BCUT2D eigenvalue weighted by molar-refractivity contribution is -0.120. The third-order valence-corrected chi connectivity index (χ3v) is 3.89. The van der Waals surface area contributed by atoms with Crippen molar-refractivity contribution < 1.29 is 9.53 Å². The summed E-state index contributed by atoms with van der Waals surface area (Å²) < 4.78 is 6.94. The summed E-state index contributed by atoms with van der Waals surface area (Å²) in [7, 11) is 3.55. The van der Waals surface area contributed by atoms with Crippen LogP contribution >= 0.6 is 0 Å². The van der Waals surface area contributed by atoms with E-state index in [1.807, 2.05) is 49.8 Å². The highest BCUT2D eigenvalue weighted by Crippen LogP contribution is 2.13. The van der Waals surface area contributed by atoms with E-state index < -0.39 is 0 Å². The molecular weight excluding hydrogens is 278 g/mol. The lowest BCUT2D eigenvalue weighted by Crippen LogP contribution is -2.27. The number of rotatable bonds is 6. The molecule has 0 unspecified atom stereocenters. The molecule has 1 amide bonds. The average Bonchev–Trinajstić information content (AvgIpc) is 2.74. The van der Waals surface area contributed by atoms with Gasteiger partial charge in [-0.1, -0.05) is 12.1 Å². The monoisotopic (exact) mass is 301 g/mol. The molecule has 2 aromatic rings. The lowest BCUT2D eigenvalue weighted by atomic mass is 10.1. The van der Waals surface area contributed by atoms with Crippen molar-refractivity contribution in [2.75, 3.05) is 13.7 Å². The van der Waals surface area contributed by atoms with Gasteiger partial charge in [-0.05, 0) is 38.0 Å². The van der Waals surface area contributed by atoms with Crippen LogP contribution in [0.2, 0.25) is 0 Å². The second-order valence-corrected chi connectivity index (χ2v) is 5.40. The Morgan fingerprint density at radius 1 is 1.27 bits per heavy atom. The fourth-order valence-corrected chi connectivity index (χ4v) is 2.43. The quantitative estimate of drug-likeness (QED) is 0.887. The van der Waals surface area contributed by atoms with E-state index >= 15 is 0 Å². The average molecular weight is 301 g/mol. The van der Waals surface area contributed by atoms with Gasteiger partial charge < -0.3 is 10.1 Å². The molecule has 0 aliphatic carbocycles. The minimum atomic E-state index is 0.0349. The number of aromatic nitrogens is 2. The number of aryl methyl sites for hydroxylation is 2. The van der Waals surface area contributed by atoms with Gasteiger partial charge in [0.15, 0.2) is 0 Å². The van der Waals surface area contributed by atoms with Crippen molar-refractivity contribution in [1.29, 1.82) is 0 Å². The van der Waals surface area contributed by atoms with Gasteiger partial charge in [0, 0.05) is 24.8 Å². The molecule has 0 saturated carbocycles. The van der Waals surface area contributed by atoms with Crippen LogP contribution in [0.3, 0.4) is 0 Å². The van der Waals surface area contributed by atoms with Crippen LogP contribution in [0.4, 0.5) is 0 Å². The highest BCUT2D eigenvalue weighted by atomic mass is 16.5. The Labute approximate surface area is 131 Å². The van der Waals surface area contributed by atoms with Crippen molar-refractivity contribution in [2.45, 2.75) is 26.7 Å². The molecule has 1 aromatic carbocycles. The third kappa shape index (κ3) is 3.87. The molecule has 5 nitrogen and oxygen atoms in total. The number of hydrogen-bond acceptors (Lipinski definition) is 3. The molecule has 0 radical (unpaired) electrons. The summed E-state index contributed by atoms with van der Waals surface area (Å²) in [6.07, 6.45) is 1.19. The SMILES string of the molecule is COc1ccc(CCNC(=O)Cc2c(C)nn(C)c2C)cc1. The number of ether oxygens (including phenoxy) is 1. The predicted octanol–water partition coefficient (Wildman–Crippen LogP) is 1.95. The van der Waals surface area contributed by atoms with Gasteiger partial charge in [-0.15, -0.1) is 0 Å². The molecule has 2 rings (SSSR count). The zero-order valence-corrected chi connectivity index (χ0v) is 13.6. The van der Waals surface area contributed by atoms with E-state index in [0.29, 0.717) is 13.0 Å². The van der Waals surface area contributed by atoms with Crippen molar-refractivity contribution in [3.05, 3.63) is 46.8 Å². The van der Waals surface area contributed by atoms with Gasteiger partial charge in [0.1, 0.15) is 5.75 Å². The molecule has 0 saturated heterocycles. The van der Waals surface area contributed by atoms with E-state index in [2.05, 4.69) is 10.4 Å². The molecule has 1 N–H and O–H groups in total. The minimum absolute atomic E-state index is 0.0349. The maximum atomic E-state index is 12.0. The molecule has 5 heteroatoms. The van der Waals surface area contributed by atoms with Crippen LogP contribution in [-0.4, -0.2) is 29.3 Å². The Hall–Kier alpha value is -2.30. The van der Waals surface area contributed by atoms with E-state index in [4.69, 9.17) is 4.74 Å². The summed E-state index contributed by atoms with van der Waals surface area (Å²) in [6.45, 7) is 4.55. The fraction of sp³-hybridized carbons (Fsp3) is 0.412. The largest absolute Gasteiger partial charge is 0.497 e. The Bertz CT molecular complexity index is 645. The molecule has 0 spiro atoms. The summed E-state index contributed by atoms with van der Waals surface area (Å²) in [5.74, 6) is 0.878. The topological polar surface area (TPSA) is 56.1 Å². The molecule has 0 atom stereocenters. The second-order valence-electron chi connectivity index (χ2n) is 5.40. The zero-order chi connectivity index (χ0) is 16.1. The number of methoxy groups -OCH3 is 1. The van der Waals surface area contributed by atoms with E-state index in [9.17, 15) is 4.79 Å². The van der Waals surface area contributed by atoms with Crippen molar-refractivity contribution in [3.8, 4) is 5.75 Å². The van der Waals surface area contributed by atoms with Crippen molar-refractivity contribution >= 4 is 5.91 Å². The summed E-state index contributed by atoms with van der Waals surface area (Å²) in [6, 6.07) is 7.89. The Morgan fingerprint density at radius 2 is 1.95 bits per heavy atom. The first-order valence-corrected chi connectivity index (χ1v) is 7.40. The number of nitrogens with one attached hydrogen (secondary N) is 1. The maximum Gasteiger partial charge on any atom is 0.224 e. The van der Waals surface area contributed by atoms with E-state index in [-0.39, 0.29) is 5.91 Å². The number of hydrogen-bond donors (Lipinski definition) is 1. The summed E-state index contributed by atoms with van der Waals surface area (Å²) >= 11 is 0. The van der Waals surface area contributed by atoms with Crippen LogP contribution in [0.25, 0.3) is 0 Å². The standard InChI is InChI=1S/C17H23N3O2/c1-12-16(13(2)20(3)19-12)11-17(21)18-10-9-14-5-7-15(22-4)8-6-14/h5-8H,9-11H2,1-4H3,(H,18,21). The Kier molecular flexibility index (Phi) is 5.20. The number of nitrogens with zero attached hydrogens (tertiary/aromatic N) is 2. The molecule has 118 valence electrons. The number of carbonyl (C=O) groups excluding carboxylic acids is 1. The summed E-state index contributed by atoms with van der Waals surface area (Å²) in [5.41, 5.74) is 4.16. The summed E-state index contributed by atoms with van der Waals surface area (Å²) in [4.78, 5) is 12.0. The van der Waals surface area contributed by atoms with E-state index in [1.165, 1.54) is 5.56 Å². The van der Waals surface area contributed by atoms with Crippen LogP contribution in [0.1, 0.15) is 22.5 Å². The third-order valence-electron chi connectivity index (χ3n) is 3.89. The number of amides is 1. The van der Waals surface area contributed by atoms with Gasteiger partial charge >= 0.3 is 0 Å². The smallest absolute Gasteiger partial charge is 0.224 e. The molecule has 22 heavy (non-hydrogen) atoms. The molecule has 0 aliphatic rings. The van der Waals surface area contributed by atoms with Crippen LogP contribution in [-0.2, 0) is 24.7 Å². The first kappa shape index (κ1) is 16.1. The van der Waals surface area contributed by atoms with Crippen LogP contribution < -0.4 is 10.1 Å². The van der Waals surface area contributed by atoms with E-state index in [1.54, 1.807) is 7.11 Å². The van der Waals surface area contributed by atoms with Gasteiger partial charge in [-0.3, -0.25) is 9.48 Å². The lowest BCUT2D eigenvalue weighted by Gasteiger charge is -2.07. The normalized spacial score (nSPS) is 10.5. The fourth-order valence-electron chi connectivity index (χ4n) is 2.43. The first-order chi connectivity index (χ1) is 10.5. The maximum absolute atomic E-state index is 12.0. The van der Waals surface area contributed by atoms with Crippen molar-refractivity contribution in [1.82, 2.24) is 15.1 Å². The van der Waals surface area contributed by atoms with Crippen molar-refractivity contribution in [3.63, 3.8) is 0 Å². The van der Waals surface area contributed by atoms with Gasteiger partial charge in [-0.2, -0.15) is 5.10 Å². The van der Waals surface area contributed by atoms with Crippen LogP contribution in [0, 0.1) is 13.8 Å². The van der Waals surface area contributed by atoms with E-state index in [0.717, 1.165) is 29.1 Å². The molecule has 0 fully saturated rings. The number of carbonyl (C=O) groups is 1. The highest BCUT2D eigenvalue weighted by molar-refractivity contribution is 5.79. The molecule has 1 heterocycles. The van der Waals surface area contributed by atoms with Gasteiger partial charge in [-0.25, -0.2) is 0 Å². The zero-order valence-electron chi connectivity index (χ0n) is 13.6. The Morgan fingerprint density at radius 3 is 2.50 bits per heavy atom. The molecular formula is C17H23N3O2. The second kappa shape index (κ2) is 7.11. The predicted molar refractivity (Wildman–Crippen MR) is 86.1 cm³/mol. The number of benzene rings is 1. The molecule has 1 aromatic heterocycles. The first-order valence-electron chi connectivity index (χ1n) is 7.40. The van der Waals surface area contributed by atoms with Crippen molar-refractivity contribution in [2.24, 2.45) is 7.05 Å². The molecule has 0 aliphatic heterocycles. The van der Waals surface area contributed by atoms with Crippen LogP contribution in [0.5, 0.6) is 5.75 Å². The Balaban J connectivity index is 1.82. The minimum Gasteiger partial charge on any atom is -0.497 e. The summed E-state index contributed by atoms with van der Waals surface area (Å²) in [5, 5.41) is 7.30.